The number of fused-ring (bicyclic) bond motifs is 1. The molecular formula is C21H22N6OS. The summed E-state index contributed by atoms with van der Waals surface area (Å²) in [6, 6.07) is 11.1. The van der Waals surface area contributed by atoms with Gasteiger partial charge in [-0.2, -0.15) is 4.98 Å². The van der Waals surface area contributed by atoms with E-state index in [-0.39, 0.29) is 5.91 Å². The molecule has 0 aliphatic carbocycles. The zero-order valence-electron chi connectivity index (χ0n) is 16.5. The number of anilines is 2. The second-order valence-electron chi connectivity index (χ2n) is 6.77. The van der Waals surface area contributed by atoms with E-state index in [0.717, 1.165) is 28.3 Å². The van der Waals surface area contributed by atoms with E-state index in [9.17, 15) is 4.79 Å². The number of benzene rings is 1. The number of pyridine rings is 1. The SMILES string of the molecule is CCSc1nc2n(n1)C(c1cccnc1)C(C(=O)Nc1cccc(C)c1)=C(C)N2. The smallest absolute Gasteiger partial charge is 0.255 e. The lowest BCUT2D eigenvalue weighted by atomic mass is 9.96. The number of nitrogens with one attached hydrogen (secondary N) is 2. The number of carbonyl (C=O) groups is 1. The third-order valence-electron chi connectivity index (χ3n) is 4.63. The molecule has 148 valence electrons. The van der Waals surface area contributed by atoms with Crippen LogP contribution in [0.4, 0.5) is 11.6 Å². The Labute approximate surface area is 173 Å². The molecule has 2 N–H and O–H groups in total. The highest BCUT2D eigenvalue weighted by Gasteiger charge is 2.34. The molecule has 3 aromatic rings. The summed E-state index contributed by atoms with van der Waals surface area (Å²) in [5.74, 6) is 1.31. The number of allylic oxidation sites excluding steroid dienone is 1. The minimum absolute atomic E-state index is 0.180. The zero-order valence-corrected chi connectivity index (χ0v) is 17.3. The Morgan fingerprint density at radius 1 is 1.28 bits per heavy atom. The van der Waals surface area contributed by atoms with Gasteiger partial charge in [-0.1, -0.05) is 36.9 Å². The van der Waals surface area contributed by atoms with Crippen LogP contribution in [0, 0.1) is 6.92 Å². The monoisotopic (exact) mass is 406 g/mol. The quantitative estimate of drug-likeness (QED) is 0.623. The summed E-state index contributed by atoms with van der Waals surface area (Å²) in [6.07, 6.45) is 3.48. The Balaban J connectivity index is 1.76. The molecule has 0 fully saturated rings. The maximum atomic E-state index is 13.3. The van der Waals surface area contributed by atoms with Crippen molar-refractivity contribution in [2.45, 2.75) is 32.0 Å². The van der Waals surface area contributed by atoms with Gasteiger partial charge in [0.25, 0.3) is 5.91 Å². The fourth-order valence-corrected chi connectivity index (χ4v) is 3.94. The average molecular weight is 407 g/mol. The summed E-state index contributed by atoms with van der Waals surface area (Å²) in [6.45, 7) is 5.94. The van der Waals surface area contributed by atoms with Crippen LogP contribution in [0.1, 0.15) is 31.0 Å². The van der Waals surface area contributed by atoms with E-state index in [1.807, 2.05) is 50.2 Å². The topological polar surface area (TPSA) is 84.7 Å². The van der Waals surface area contributed by atoms with Gasteiger partial charge < -0.3 is 10.6 Å². The molecule has 29 heavy (non-hydrogen) atoms. The van der Waals surface area contributed by atoms with Crippen LogP contribution in [-0.4, -0.2) is 31.4 Å². The molecular weight excluding hydrogens is 384 g/mol. The number of rotatable bonds is 5. The standard InChI is InChI=1S/C21H22N6OS/c1-4-29-21-25-20-23-14(3)17(19(28)24-16-9-5-7-13(2)11-16)18(27(20)26-21)15-8-6-10-22-12-15/h5-12,18H,4H2,1-3H3,(H,24,28)(H,23,25,26). The molecule has 4 rings (SSSR count). The molecule has 3 heterocycles. The molecule has 1 aliphatic rings. The van der Waals surface area contributed by atoms with Gasteiger partial charge in [-0.05, 0) is 48.9 Å². The van der Waals surface area contributed by atoms with Crippen LogP contribution < -0.4 is 10.6 Å². The second kappa shape index (κ2) is 8.08. The van der Waals surface area contributed by atoms with Crippen molar-refractivity contribution in [2.75, 3.05) is 16.4 Å². The largest absolute Gasteiger partial charge is 0.328 e. The van der Waals surface area contributed by atoms with Crippen molar-refractivity contribution in [3.05, 3.63) is 71.2 Å². The van der Waals surface area contributed by atoms with Crippen molar-refractivity contribution in [1.29, 1.82) is 0 Å². The first kappa shape index (κ1) is 19.2. The molecule has 7 nitrogen and oxygen atoms in total. The van der Waals surface area contributed by atoms with E-state index in [2.05, 4.69) is 32.6 Å². The van der Waals surface area contributed by atoms with Crippen LogP contribution in [-0.2, 0) is 4.79 Å². The Morgan fingerprint density at radius 3 is 2.86 bits per heavy atom. The maximum Gasteiger partial charge on any atom is 0.255 e. The van der Waals surface area contributed by atoms with E-state index in [1.165, 1.54) is 0 Å². The lowest BCUT2D eigenvalue weighted by Crippen LogP contribution is -2.31. The normalized spacial score (nSPS) is 15.6. The summed E-state index contributed by atoms with van der Waals surface area (Å²) < 4.78 is 1.77. The van der Waals surface area contributed by atoms with E-state index < -0.39 is 6.04 Å². The van der Waals surface area contributed by atoms with E-state index in [1.54, 1.807) is 28.8 Å². The first-order chi connectivity index (χ1) is 14.1. The number of thioether (sulfide) groups is 1. The molecule has 0 radical (unpaired) electrons. The van der Waals surface area contributed by atoms with Gasteiger partial charge in [-0.3, -0.25) is 9.78 Å². The van der Waals surface area contributed by atoms with Gasteiger partial charge in [0, 0.05) is 23.8 Å². The van der Waals surface area contributed by atoms with E-state index >= 15 is 0 Å². The Morgan fingerprint density at radius 2 is 2.14 bits per heavy atom. The van der Waals surface area contributed by atoms with Crippen molar-refractivity contribution in [3.8, 4) is 0 Å². The molecule has 0 bridgehead atoms. The van der Waals surface area contributed by atoms with Gasteiger partial charge in [0.2, 0.25) is 11.1 Å². The molecule has 1 atom stereocenters. The fourth-order valence-electron chi connectivity index (χ4n) is 3.38. The number of aromatic nitrogens is 4. The summed E-state index contributed by atoms with van der Waals surface area (Å²) in [4.78, 5) is 22.1. The van der Waals surface area contributed by atoms with Gasteiger partial charge in [0.15, 0.2) is 0 Å². The van der Waals surface area contributed by atoms with Crippen molar-refractivity contribution in [3.63, 3.8) is 0 Å². The Kier molecular flexibility index (Phi) is 5.35. The van der Waals surface area contributed by atoms with Crippen molar-refractivity contribution in [1.82, 2.24) is 19.7 Å². The molecule has 0 saturated heterocycles. The van der Waals surface area contributed by atoms with Crippen LogP contribution in [0.3, 0.4) is 0 Å². The third kappa shape index (κ3) is 3.88. The Hall–Kier alpha value is -3.13. The van der Waals surface area contributed by atoms with E-state index in [0.29, 0.717) is 16.7 Å². The van der Waals surface area contributed by atoms with Gasteiger partial charge in [0.05, 0.1) is 5.57 Å². The number of carbonyl (C=O) groups excluding carboxylic acids is 1. The molecule has 0 spiro atoms. The first-order valence-corrected chi connectivity index (χ1v) is 10.4. The summed E-state index contributed by atoms with van der Waals surface area (Å²) in [5.41, 5.74) is 4.05. The summed E-state index contributed by atoms with van der Waals surface area (Å²) in [5, 5.41) is 11.6. The average Bonchev–Trinajstić information content (AvgIpc) is 3.09. The molecule has 1 aliphatic heterocycles. The molecule has 1 amide bonds. The summed E-state index contributed by atoms with van der Waals surface area (Å²) >= 11 is 1.56. The number of aryl methyl sites for hydroxylation is 1. The first-order valence-electron chi connectivity index (χ1n) is 9.42. The number of amides is 1. The lowest BCUT2D eigenvalue weighted by molar-refractivity contribution is -0.113. The molecule has 8 heteroatoms. The van der Waals surface area contributed by atoms with Crippen molar-refractivity contribution in [2.24, 2.45) is 0 Å². The van der Waals surface area contributed by atoms with Gasteiger partial charge in [0.1, 0.15) is 6.04 Å². The third-order valence-corrected chi connectivity index (χ3v) is 5.35. The van der Waals surface area contributed by atoms with Gasteiger partial charge in [-0.15, -0.1) is 5.10 Å². The number of hydrogen-bond acceptors (Lipinski definition) is 6. The zero-order chi connectivity index (χ0) is 20.4. The molecule has 0 saturated carbocycles. The highest BCUT2D eigenvalue weighted by molar-refractivity contribution is 7.99. The van der Waals surface area contributed by atoms with Crippen LogP contribution in [0.2, 0.25) is 0 Å². The summed E-state index contributed by atoms with van der Waals surface area (Å²) in [7, 11) is 0. The van der Waals surface area contributed by atoms with Crippen molar-refractivity contribution < 1.29 is 4.79 Å². The predicted octanol–water partition coefficient (Wildman–Crippen LogP) is 4.02. The molecule has 1 unspecified atom stereocenters. The predicted molar refractivity (Wildman–Crippen MR) is 115 cm³/mol. The lowest BCUT2D eigenvalue weighted by Gasteiger charge is -2.28. The van der Waals surface area contributed by atoms with Gasteiger partial charge in [-0.25, -0.2) is 4.68 Å². The highest BCUT2D eigenvalue weighted by atomic mass is 32.2. The number of nitrogens with zero attached hydrogens (tertiary/aromatic N) is 4. The van der Waals surface area contributed by atoms with Crippen molar-refractivity contribution >= 4 is 29.3 Å². The van der Waals surface area contributed by atoms with E-state index in [4.69, 9.17) is 0 Å². The van der Waals surface area contributed by atoms with Crippen LogP contribution >= 0.6 is 11.8 Å². The van der Waals surface area contributed by atoms with Crippen LogP contribution in [0.15, 0.2) is 65.2 Å². The molecule has 2 aromatic heterocycles. The molecule has 1 aromatic carbocycles. The minimum atomic E-state index is -0.413. The maximum absolute atomic E-state index is 13.3. The second-order valence-corrected chi connectivity index (χ2v) is 8.00. The van der Waals surface area contributed by atoms with Crippen LogP contribution in [0.5, 0.6) is 0 Å². The Bertz CT molecular complexity index is 1080. The highest BCUT2D eigenvalue weighted by Crippen LogP contribution is 2.36. The minimum Gasteiger partial charge on any atom is -0.328 e. The number of hydrogen-bond donors (Lipinski definition) is 2. The van der Waals surface area contributed by atoms with Gasteiger partial charge >= 0.3 is 0 Å². The fraction of sp³-hybridized carbons (Fsp3) is 0.238. The van der Waals surface area contributed by atoms with Crippen LogP contribution in [0.25, 0.3) is 0 Å².